The second kappa shape index (κ2) is 11.6. The van der Waals surface area contributed by atoms with Crippen LogP contribution in [0.4, 0.5) is 5.69 Å². The lowest BCUT2D eigenvalue weighted by Gasteiger charge is -2.50. The zero-order valence-electron chi connectivity index (χ0n) is 20.0. The van der Waals surface area contributed by atoms with E-state index in [0.717, 1.165) is 61.8 Å². The first-order valence-corrected chi connectivity index (χ1v) is 12.9. The van der Waals surface area contributed by atoms with E-state index < -0.39 is 0 Å². The van der Waals surface area contributed by atoms with Crippen molar-refractivity contribution < 1.29 is 4.74 Å². The van der Waals surface area contributed by atoms with Crippen molar-refractivity contribution in [1.82, 2.24) is 4.90 Å². The van der Waals surface area contributed by atoms with Crippen LogP contribution < -0.4 is 9.64 Å². The van der Waals surface area contributed by atoms with Gasteiger partial charge in [-0.15, -0.1) is 0 Å². The molecule has 2 aromatic carbocycles. The van der Waals surface area contributed by atoms with Crippen molar-refractivity contribution in [3.63, 3.8) is 0 Å². The van der Waals surface area contributed by atoms with Gasteiger partial charge in [-0.3, -0.25) is 4.90 Å². The summed E-state index contributed by atoms with van der Waals surface area (Å²) in [7, 11) is 1.73. The number of anilines is 1. The third-order valence-electron chi connectivity index (χ3n) is 6.99. The van der Waals surface area contributed by atoms with Crippen LogP contribution in [0.3, 0.4) is 0 Å². The Bertz CT molecular complexity index is 841. The molecule has 0 bridgehead atoms. The topological polar surface area (TPSA) is 15.7 Å². The summed E-state index contributed by atoms with van der Waals surface area (Å²) in [5.41, 5.74) is 2.63. The number of nitrogens with zero attached hydrogens (tertiary/aromatic N) is 2. The van der Waals surface area contributed by atoms with Crippen LogP contribution in [0, 0.1) is 0 Å². The summed E-state index contributed by atoms with van der Waals surface area (Å²) in [5, 5.41) is 1.52. The van der Waals surface area contributed by atoms with E-state index in [1.807, 2.05) is 12.1 Å². The van der Waals surface area contributed by atoms with Gasteiger partial charge in [0.25, 0.3) is 0 Å². The van der Waals surface area contributed by atoms with E-state index in [1.54, 1.807) is 7.11 Å². The van der Waals surface area contributed by atoms with Crippen LogP contribution in [-0.4, -0.2) is 37.7 Å². The number of hydrogen-bond acceptors (Lipinski definition) is 3. The van der Waals surface area contributed by atoms with Crippen LogP contribution in [0.2, 0.25) is 10.0 Å². The minimum absolute atomic E-state index is 0.0800. The van der Waals surface area contributed by atoms with Gasteiger partial charge in [0.1, 0.15) is 5.75 Å². The van der Waals surface area contributed by atoms with Gasteiger partial charge in [-0.2, -0.15) is 0 Å². The van der Waals surface area contributed by atoms with E-state index in [0.29, 0.717) is 11.1 Å². The lowest BCUT2D eigenvalue weighted by atomic mass is 9.73. The molecule has 5 heteroatoms. The van der Waals surface area contributed by atoms with Crippen LogP contribution in [0.15, 0.2) is 42.5 Å². The Kier molecular flexibility index (Phi) is 9.16. The summed E-state index contributed by atoms with van der Waals surface area (Å²) in [6, 6.07) is 15.1. The van der Waals surface area contributed by atoms with Gasteiger partial charge in [0.05, 0.1) is 12.8 Å². The van der Waals surface area contributed by atoms with E-state index >= 15 is 0 Å². The fourth-order valence-corrected chi connectivity index (χ4v) is 5.82. The third-order valence-corrected chi connectivity index (χ3v) is 7.48. The van der Waals surface area contributed by atoms with E-state index in [9.17, 15) is 0 Å². The van der Waals surface area contributed by atoms with Crippen molar-refractivity contribution in [2.45, 2.75) is 70.9 Å². The van der Waals surface area contributed by atoms with E-state index in [2.05, 4.69) is 60.9 Å². The molecule has 32 heavy (non-hydrogen) atoms. The summed E-state index contributed by atoms with van der Waals surface area (Å²) < 4.78 is 5.68. The molecular formula is C27H38Cl2N2O. The molecule has 176 valence electrons. The number of ether oxygens (including phenoxy) is 1. The zero-order valence-corrected chi connectivity index (χ0v) is 21.6. The first-order chi connectivity index (χ1) is 15.5. The van der Waals surface area contributed by atoms with Gasteiger partial charge < -0.3 is 9.64 Å². The molecule has 0 saturated heterocycles. The maximum Gasteiger partial charge on any atom is 0.143 e. The largest absolute Gasteiger partial charge is 0.495 e. The van der Waals surface area contributed by atoms with Crippen molar-refractivity contribution >= 4 is 28.9 Å². The fraction of sp³-hybridized carbons (Fsp3) is 0.556. The van der Waals surface area contributed by atoms with Gasteiger partial charge >= 0.3 is 0 Å². The highest BCUT2D eigenvalue weighted by Gasteiger charge is 2.42. The van der Waals surface area contributed by atoms with Crippen molar-refractivity contribution in [3.8, 4) is 5.75 Å². The predicted molar refractivity (Wildman–Crippen MR) is 139 cm³/mol. The molecule has 0 unspecified atom stereocenters. The molecule has 0 atom stereocenters. The molecule has 1 saturated carbocycles. The molecule has 3 rings (SSSR count). The van der Waals surface area contributed by atoms with E-state index in [4.69, 9.17) is 27.9 Å². The molecule has 1 aliphatic carbocycles. The first kappa shape index (κ1) is 25.2. The molecule has 3 nitrogen and oxygen atoms in total. The minimum atomic E-state index is 0.0800. The highest BCUT2D eigenvalue weighted by atomic mass is 35.5. The van der Waals surface area contributed by atoms with Crippen LogP contribution in [-0.2, 0) is 5.54 Å². The van der Waals surface area contributed by atoms with Crippen LogP contribution >= 0.6 is 23.2 Å². The summed E-state index contributed by atoms with van der Waals surface area (Å²) in [5.74, 6) is 0.854. The smallest absolute Gasteiger partial charge is 0.143 e. The normalized spacial score (nSPS) is 21.0. The summed E-state index contributed by atoms with van der Waals surface area (Å²) >= 11 is 12.5. The SMILES string of the molecule is CCCN(CCC)C1(c2ccc(Cl)cc2)CCC(N(CC)c2ccc(Cl)cc2OC)CC1. The quantitative estimate of drug-likeness (QED) is 0.347. The molecule has 2 aromatic rings. The number of benzene rings is 2. The van der Waals surface area contributed by atoms with Gasteiger partial charge in [-0.25, -0.2) is 0 Å². The molecule has 1 fully saturated rings. The average molecular weight is 478 g/mol. The van der Waals surface area contributed by atoms with Gasteiger partial charge in [0.2, 0.25) is 0 Å². The number of rotatable bonds is 10. The van der Waals surface area contributed by atoms with Crippen molar-refractivity contribution in [2.75, 3.05) is 31.6 Å². The molecule has 0 heterocycles. The molecular weight excluding hydrogens is 439 g/mol. The van der Waals surface area contributed by atoms with E-state index in [1.165, 1.54) is 18.4 Å². The first-order valence-electron chi connectivity index (χ1n) is 12.1. The average Bonchev–Trinajstić information content (AvgIpc) is 2.81. The molecule has 1 aliphatic rings. The standard InChI is InChI=1S/C27H38Cl2N2O/c1-5-18-30(19-6-2)27(21-8-10-22(28)11-9-21)16-14-24(15-17-27)31(7-3)25-13-12-23(29)20-26(25)32-4/h8-13,20,24H,5-7,14-19H2,1-4H3. The van der Waals surface area contributed by atoms with Gasteiger partial charge in [-0.05, 0) is 88.4 Å². The predicted octanol–water partition coefficient (Wildman–Crippen LogP) is 7.79. The molecule has 0 amide bonds. The van der Waals surface area contributed by atoms with Gasteiger partial charge in [0, 0.05) is 34.2 Å². The molecule has 0 spiro atoms. The van der Waals surface area contributed by atoms with Crippen LogP contribution in [0.1, 0.15) is 64.9 Å². The van der Waals surface area contributed by atoms with Gasteiger partial charge in [-0.1, -0.05) is 49.2 Å². The van der Waals surface area contributed by atoms with Crippen LogP contribution in [0.5, 0.6) is 5.75 Å². The summed E-state index contributed by atoms with van der Waals surface area (Å²) in [6.07, 6.45) is 6.92. The molecule has 0 radical (unpaired) electrons. The lowest BCUT2D eigenvalue weighted by molar-refractivity contribution is 0.0409. The second-order valence-corrected chi connectivity index (χ2v) is 9.73. The Morgan fingerprint density at radius 1 is 0.906 bits per heavy atom. The highest BCUT2D eigenvalue weighted by Crippen LogP contribution is 2.45. The number of hydrogen-bond donors (Lipinski definition) is 0. The summed E-state index contributed by atoms with van der Waals surface area (Å²) in [6.45, 7) is 10.0. The number of methoxy groups -OCH3 is 1. The Hall–Kier alpha value is -1.42. The maximum atomic E-state index is 6.25. The van der Waals surface area contributed by atoms with Crippen molar-refractivity contribution in [1.29, 1.82) is 0 Å². The Labute approximate surface area is 204 Å². The van der Waals surface area contributed by atoms with Crippen molar-refractivity contribution in [3.05, 3.63) is 58.1 Å². The lowest BCUT2D eigenvalue weighted by Crippen LogP contribution is -2.52. The molecule has 0 aliphatic heterocycles. The Morgan fingerprint density at radius 3 is 2.03 bits per heavy atom. The molecule has 0 aromatic heterocycles. The highest BCUT2D eigenvalue weighted by molar-refractivity contribution is 6.31. The Balaban J connectivity index is 1.89. The second-order valence-electron chi connectivity index (χ2n) is 8.86. The summed E-state index contributed by atoms with van der Waals surface area (Å²) in [4.78, 5) is 5.25. The fourth-order valence-electron chi connectivity index (χ4n) is 5.53. The Morgan fingerprint density at radius 2 is 1.50 bits per heavy atom. The zero-order chi connectivity index (χ0) is 23.1. The van der Waals surface area contributed by atoms with Crippen molar-refractivity contribution in [2.24, 2.45) is 0 Å². The van der Waals surface area contributed by atoms with Gasteiger partial charge in [0.15, 0.2) is 0 Å². The van der Waals surface area contributed by atoms with E-state index in [-0.39, 0.29) is 5.54 Å². The van der Waals surface area contributed by atoms with Crippen LogP contribution in [0.25, 0.3) is 0 Å². The minimum Gasteiger partial charge on any atom is -0.495 e. The third kappa shape index (κ3) is 5.38. The number of halogens is 2. The molecule has 0 N–H and O–H groups in total. The maximum absolute atomic E-state index is 6.25. The monoisotopic (exact) mass is 476 g/mol.